The molecule has 0 N–H and O–H groups in total. The maximum atomic E-state index is 5.61. The van der Waals surface area contributed by atoms with Gasteiger partial charge in [-0.05, 0) is 31.9 Å². The molecule has 0 saturated heterocycles. The second kappa shape index (κ2) is 22.2. The van der Waals surface area contributed by atoms with Crippen molar-refractivity contribution in [1.82, 2.24) is 0 Å². The molecule has 0 rings (SSSR count). The molecule has 3 nitrogen and oxygen atoms in total. The van der Waals surface area contributed by atoms with Gasteiger partial charge in [0.05, 0.1) is 27.2 Å². The lowest BCUT2D eigenvalue weighted by Crippen LogP contribution is -3.00. The number of rotatable bonds is 23. The molecule has 0 aromatic carbocycles. The van der Waals surface area contributed by atoms with Crippen molar-refractivity contribution in [3.05, 3.63) is 0 Å². The van der Waals surface area contributed by atoms with E-state index in [0.29, 0.717) is 0 Å². The molecule has 0 saturated carbocycles. The van der Waals surface area contributed by atoms with Gasteiger partial charge in [-0.1, -0.05) is 96.8 Å². The van der Waals surface area contributed by atoms with Gasteiger partial charge in [0.2, 0.25) is 0 Å². The summed E-state index contributed by atoms with van der Waals surface area (Å²) in [7, 11) is 6.47. The van der Waals surface area contributed by atoms with E-state index in [1.165, 1.54) is 122 Å². The smallest absolute Gasteiger partial charge is 0.334 e. The maximum absolute atomic E-state index is 5.61. The van der Waals surface area contributed by atoms with Gasteiger partial charge in [0.1, 0.15) is 0 Å². The first kappa shape index (κ1) is 33.6. The fourth-order valence-electron chi connectivity index (χ4n) is 4.32. The zero-order valence-corrected chi connectivity index (χ0v) is 24.0. The van der Waals surface area contributed by atoms with Crippen LogP contribution in [0.4, 0.5) is 0 Å². The summed E-state index contributed by atoms with van der Waals surface area (Å²) in [6.07, 6.45) is 24.3. The average Bonchev–Trinajstić information content (AvgIpc) is 2.73. The highest BCUT2D eigenvalue weighted by atomic mass is 35.5. The molecular formula is C26H58ClNO2Si. The molecule has 0 aromatic rings. The van der Waals surface area contributed by atoms with Gasteiger partial charge in [-0.2, -0.15) is 0 Å². The third-order valence-electron chi connectivity index (χ3n) is 6.87. The summed E-state index contributed by atoms with van der Waals surface area (Å²) >= 11 is 0. The molecule has 0 atom stereocenters. The number of quaternary nitrogens is 1. The first-order valence-electron chi connectivity index (χ1n) is 13.3. The monoisotopic (exact) mass is 479 g/mol. The lowest BCUT2D eigenvalue weighted by molar-refractivity contribution is -0.890. The van der Waals surface area contributed by atoms with E-state index in [1.807, 2.05) is 0 Å². The van der Waals surface area contributed by atoms with Gasteiger partial charge in [0, 0.05) is 14.2 Å². The molecule has 0 aliphatic heterocycles. The van der Waals surface area contributed by atoms with Crippen LogP contribution in [-0.4, -0.2) is 54.4 Å². The van der Waals surface area contributed by atoms with Crippen LogP contribution in [0.3, 0.4) is 0 Å². The highest BCUT2D eigenvalue weighted by Crippen LogP contribution is 2.17. The highest BCUT2D eigenvalue weighted by molar-refractivity contribution is 6.65. The molecule has 31 heavy (non-hydrogen) atoms. The summed E-state index contributed by atoms with van der Waals surface area (Å²) in [5.41, 5.74) is 0. The summed E-state index contributed by atoms with van der Waals surface area (Å²) in [5.74, 6) is 0. The topological polar surface area (TPSA) is 18.5 Å². The van der Waals surface area contributed by atoms with Gasteiger partial charge >= 0.3 is 8.56 Å². The zero-order chi connectivity index (χ0) is 22.6. The average molecular weight is 480 g/mol. The van der Waals surface area contributed by atoms with Crippen LogP contribution in [0.25, 0.3) is 0 Å². The molecule has 0 unspecified atom stereocenters. The highest BCUT2D eigenvalue weighted by Gasteiger charge is 2.29. The van der Waals surface area contributed by atoms with E-state index in [9.17, 15) is 0 Å². The minimum atomic E-state index is -1.88. The largest absolute Gasteiger partial charge is 1.00 e. The number of halogens is 1. The Labute approximate surface area is 204 Å². The van der Waals surface area contributed by atoms with Crippen molar-refractivity contribution in [3.63, 3.8) is 0 Å². The Morgan fingerprint density at radius 1 is 0.548 bits per heavy atom. The molecular weight excluding hydrogens is 422 g/mol. The van der Waals surface area contributed by atoms with Crippen molar-refractivity contribution in [2.75, 3.05) is 41.4 Å². The van der Waals surface area contributed by atoms with E-state index in [1.54, 1.807) is 14.2 Å². The molecule has 0 spiro atoms. The van der Waals surface area contributed by atoms with Gasteiger partial charge in [-0.3, -0.25) is 0 Å². The number of hydrogen-bond donors (Lipinski definition) is 0. The maximum Gasteiger partial charge on any atom is 0.334 e. The van der Waals surface area contributed by atoms with E-state index < -0.39 is 8.56 Å². The Morgan fingerprint density at radius 3 is 1.23 bits per heavy atom. The fourth-order valence-corrected chi connectivity index (χ4v) is 5.69. The second-order valence-corrected chi connectivity index (χ2v) is 13.9. The van der Waals surface area contributed by atoms with Crippen LogP contribution < -0.4 is 12.4 Å². The van der Waals surface area contributed by atoms with Crippen molar-refractivity contribution < 1.29 is 25.7 Å². The minimum Gasteiger partial charge on any atom is -1.00 e. The molecule has 0 amide bonds. The normalized spacial score (nSPS) is 12.2. The summed E-state index contributed by atoms with van der Waals surface area (Å²) in [6.45, 7) is 7.00. The van der Waals surface area contributed by atoms with E-state index in [-0.39, 0.29) is 12.4 Å². The summed E-state index contributed by atoms with van der Waals surface area (Å²) in [5, 5.41) is 0. The number of nitrogens with zero attached hydrogens (tertiary/aromatic N) is 1. The third-order valence-corrected chi connectivity index (χ3v) is 9.86. The van der Waals surface area contributed by atoms with Crippen molar-refractivity contribution in [3.8, 4) is 0 Å². The molecule has 0 heterocycles. The van der Waals surface area contributed by atoms with Crippen LogP contribution in [0.15, 0.2) is 0 Å². The molecule has 0 bridgehead atoms. The SMILES string of the molecule is CCCCCCCCCCCCCCCCCC[N+](C)(C)CCC[Si](C)(OC)OC.[Cl-]. The first-order chi connectivity index (χ1) is 14.4. The Bertz CT molecular complexity index is 365. The predicted molar refractivity (Wildman–Crippen MR) is 136 cm³/mol. The van der Waals surface area contributed by atoms with Gasteiger partial charge in [-0.25, -0.2) is 0 Å². The molecule has 0 aromatic heterocycles. The summed E-state index contributed by atoms with van der Waals surface area (Å²) in [4.78, 5) is 0. The van der Waals surface area contributed by atoms with Crippen LogP contribution in [0.1, 0.15) is 116 Å². The predicted octanol–water partition coefficient (Wildman–Crippen LogP) is 5.08. The van der Waals surface area contributed by atoms with Gasteiger partial charge in [0.25, 0.3) is 0 Å². The molecule has 0 aliphatic carbocycles. The Hall–Kier alpha value is 0.387. The Morgan fingerprint density at radius 2 is 0.871 bits per heavy atom. The van der Waals surface area contributed by atoms with Crippen molar-refractivity contribution in [2.45, 2.75) is 129 Å². The quantitative estimate of drug-likeness (QED) is 0.115. The lowest BCUT2D eigenvalue weighted by Gasteiger charge is -2.31. The third kappa shape index (κ3) is 22.0. The molecule has 190 valence electrons. The minimum absolute atomic E-state index is 0. The van der Waals surface area contributed by atoms with Crippen molar-refractivity contribution >= 4 is 8.56 Å². The molecule has 0 fully saturated rings. The van der Waals surface area contributed by atoms with E-state index in [2.05, 4.69) is 27.6 Å². The van der Waals surface area contributed by atoms with E-state index in [4.69, 9.17) is 8.85 Å². The van der Waals surface area contributed by atoms with Crippen LogP contribution >= 0.6 is 0 Å². The Balaban J connectivity index is 0. The van der Waals surface area contributed by atoms with Gasteiger partial charge < -0.3 is 25.7 Å². The van der Waals surface area contributed by atoms with Crippen molar-refractivity contribution in [2.24, 2.45) is 0 Å². The van der Waals surface area contributed by atoms with E-state index >= 15 is 0 Å². The summed E-state index contributed by atoms with van der Waals surface area (Å²) in [6, 6.07) is 1.10. The number of hydrogen-bond acceptors (Lipinski definition) is 2. The fraction of sp³-hybridized carbons (Fsp3) is 1.00. The first-order valence-corrected chi connectivity index (χ1v) is 15.8. The van der Waals surface area contributed by atoms with Crippen LogP contribution in [0, 0.1) is 0 Å². The zero-order valence-electron chi connectivity index (χ0n) is 22.3. The standard InChI is InChI=1S/C26H58NO2Si.ClH/c1-7-8-9-10-11-12-13-14-15-16-17-18-19-20-21-22-24-27(2,3)25-23-26-30(6,28-4)29-5;/h7-26H2,1-6H3;1H/q+1;/p-1. The summed E-state index contributed by atoms with van der Waals surface area (Å²) < 4.78 is 12.3. The number of unbranched alkanes of at least 4 members (excludes halogenated alkanes) is 15. The van der Waals surface area contributed by atoms with Gasteiger partial charge in [-0.15, -0.1) is 0 Å². The molecule has 5 heteroatoms. The lowest BCUT2D eigenvalue weighted by atomic mass is 10.0. The van der Waals surface area contributed by atoms with E-state index in [0.717, 1.165) is 10.5 Å². The van der Waals surface area contributed by atoms with Crippen LogP contribution in [0.5, 0.6) is 0 Å². The van der Waals surface area contributed by atoms with Crippen molar-refractivity contribution in [1.29, 1.82) is 0 Å². The molecule has 0 aliphatic rings. The Kier molecular flexibility index (Phi) is 24.0. The molecule has 0 radical (unpaired) electrons. The van der Waals surface area contributed by atoms with Crippen LogP contribution in [-0.2, 0) is 8.85 Å². The second-order valence-electron chi connectivity index (χ2n) is 10.3. The van der Waals surface area contributed by atoms with Gasteiger partial charge in [0.15, 0.2) is 0 Å². The van der Waals surface area contributed by atoms with Crippen LogP contribution in [0.2, 0.25) is 12.6 Å².